The summed E-state index contributed by atoms with van der Waals surface area (Å²) in [4.78, 5) is 14.6. The van der Waals surface area contributed by atoms with Crippen molar-refractivity contribution in [1.29, 1.82) is 0 Å². The lowest BCUT2D eigenvalue weighted by molar-refractivity contribution is 0.0690. The number of carboxylic acids is 1. The number of aryl methyl sites for hydroxylation is 1. The zero-order valence-corrected chi connectivity index (χ0v) is 12.0. The Bertz CT molecular complexity index is 640. The lowest BCUT2D eigenvalue weighted by Crippen LogP contribution is -2.03. The Balaban J connectivity index is 2.12. The summed E-state index contributed by atoms with van der Waals surface area (Å²) in [5, 5.41) is 8.91. The van der Waals surface area contributed by atoms with E-state index in [1.54, 1.807) is 13.2 Å². The molecule has 0 aliphatic carbocycles. The van der Waals surface area contributed by atoms with Gasteiger partial charge in [0.1, 0.15) is 12.3 Å². The topological polar surface area (TPSA) is 68.7 Å². The van der Waals surface area contributed by atoms with Crippen LogP contribution in [0.4, 0.5) is 0 Å². The molecule has 0 bridgehead atoms. The number of pyridine rings is 1. The Kier molecular flexibility index (Phi) is 4.77. The maximum absolute atomic E-state index is 10.9. The van der Waals surface area contributed by atoms with E-state index in [0.29, 0.717) is 11.5 Å². The van der Waals surface area contributed by atoms with Crippen molar-refractivity contribution < 1.29 is 19.4 Å². The third kappa shape index (κ3) is 3.72. The maximum Gasteiger partial charge on any atom is 0.354 e. The molecule has 0 saturated carbocycles. The van der Waals surface area contributed by atoms with Gasteiger partial charge in [-0.15, -0.1) is 0 Å². The molecule has 0 atom stereocenters. The largest absolute Gasteiger partial charge is 0.493 e. The average molecular weight is 287 g/mol. The second kappa shape index (κ2) is 6.74. The molecule has 21 heavy (non-hydrogen) atoms. The van der Waals surface area contributed by atoms with Crippen molar-refractivity contribution in [2.75, 3.05) is 7.11 Å². The van der Waals surface area contributed by atoms with Crippen molar-refractivity contribution in [1.82, 2.24) is 4.98 Å². The number of benzene rings is 1. The van der Waals surface area contributed by atoms with Gasteiger partial charge >= 0.3 is 5.97 Å². The maximum atomic E-state index is 10.9. The minimum absolute atomic E-state index is 0.00407. The van der Waals surface area contributed by atoms with Crippen molar-refractivity contribution in [3.63, 3.8) is 0 Å². The summed E-state index contributed by atoms with van der Waals surface area (Å²) in [5.41, 5.74) is 1.91. The summed E-state index contributed by atoms with van der Waals surface area (Å²) in [5.74, 6) is 0.243. The Morgan fingerprint density at radius 3 is 2.67 bits per heavy atom. The monoisotopic (exact) mass is 287 g/mol. The summed E-state index contributed by atoms with van der Waals surface area (Å²) in [6.07, 6.45) is 2.38. The van der Waals surface area contributed by atoms with Crippen LogP contribution < -0.4 is 9.47 Å². The van der Waals surface area contributed by atoms with Crippen LogP contribution in [0.1, 0.15) is 28.5 Å². The molecule has 110 valence electrons. The van der Waals surface area contributed by atoms with E-state index in [0.717, 1.165) is 17.5 Å². The van der Waals surface area contributed by atoms with E-state index in [2.05, 4.69) is 11.9 Å². The zero-order chi connectivity index (χ0) is 15.2. The van der Waals surface area contributed by atoms with Crippen molar-refractivity contribution in [2.45, 2.75) is 20.0 Å². The van der Waals surface area contributed by atoms with Gasteiger partial charge in [-0.3, -0.25) is 0 Å². The molecule has 0 unspecified atom stereocenters. The molecule has 5 nitrogen and oxygen atoms in total. The van der Waals surface area contributed by atoms with Gasteiger partial charge < -0.3 is 14.6 Å². The molecule has 0 aliphatic heterocycles. The first kappa shape index (κ1) is 14.8. The van der Waals surface area contributed by atoms with E-state index in [-0.39, 0.29) is 12.3 Å². The molecule has 1 N–H and O–H groups in total. The SMILES string of the molecule is CCc1ccc(OCc2ccnc(C(=O)O)c2)c(OC)c1. The highest BCUT2D eigenvalue weighted by Crippen LogP contribution is 2.29. The third-order valence-corrected chi connectivity index (χ3v) is 3.07. The quantitative estimate of drug-likeness (QED) is 0.884. The number of hydrogen-bond acceptors (Lipinski definition) is 4. The standard InChI is InChI=1S/C16H17NO4/c1-3-11-4-5-14(15(9-11)20-2)21-10-12-6-7-17-13(8-12)16(18)19/h4-9H,3,10H2,1-2H3,(H,18,19). The number of hydrogen-bond donors (Lipinski definition) is 1. The third-order valence-electron chi connectivity index (χ3n) is 3.07. The Hall–Kier alpha value is -2.56. The number of rotatable bonds is 6. The second-order valence-corrected chi connectivity index (χ2v) is 4.48. The molecule has 0 radical (unpaired) electrons. The molecule has 1 heterocycles. The molecule has 2 aromatic rings. The van der Waals surface area contributed by atoms with Crippen molar-refractivity contribution in [2.24, 2.45) is 0 Å². The summed E-state index contributed by atoms with van der Waals surface area (Å²) in [7, 11) is 1.59. The molecule has 0 saturated heterocycles. The van der Waals surface area contributed by atoms with Crippen molar-refractivity contribution in [3.05, 3.63) is 53.3 Å². The molecule has 2 rings (SSSR count). The van der Waals surface area contributed by atoms with Crippen LogP contribution in [-0.2, 0) is 13.0 Å². The van der Waals surface area contributed by atoms with Crippen molar-refractivity contribution >= 4 is 5.97 Å². The van der Waals surface area contributed by atoms with Crippen LogP contribution in [-0.4, -0.2) is 23.2 Å². The lowest BCUT2D eigenvalue weighted by atomic mass is 10.1. The van der Waals surface area contributed by atoms with Gasteiger partial charge in [-0.1, -0.05) is 13.0 Å². The van der Waals surface area contributed by atoms with Crippen LogP contribution in [0.3, 0.4) is 0 Å². The number of aromatic nitrogens is 1. The lowest BCUT2D eigenvalue weighted by Gasteiger charge is -2.12. The van der Waals surface area contributed by atoms with Crippen LogP contribution in [0.15, 0.2) is 36.5 Å². The minimum Gasteiger partial charge on any atom is -0.493 e. The molecule has 1 aromatic carbocycles. The first-order chi connectivity index (χ1) is 10.1. The average Bonchev–Trinajstić information content (AvgIpc) is 2.53. The van der Waals surface area contributed by atoms with E-state index >= 15 is 0 Å². The Labute approximate surface area is 123 Å². The molecular formula is C16H17NO4. The number of ether oxygens (including phenoxy) is 2. The molecule has 0 spiro atoms. The fourth-order valence-corrected chi connectivity index (χ4v) is 1.89. The van der Waals surface area contributed by atoms with Gasteiger partial charge in [-0.2, -0.15) is 0 Å². The predicted octanol–water partition coefficient (Wildman–Crippen LogP) is 2.93. The van der Waals surface area contributed by atoms with Gasteiger partial charge in [-0.05, 0) is 41.8 Å². The minimum atomic E-state index is -1.05. The number of nitrogens with zero attached hydrogens (tertiary/aromatic N) is 1. The fraction of sp³-hybridized carbons (Fsp3) is 0.250. The second-order valence-electron chi connectivity index (χ2n) is 4.48. The molecule has 0 fully saturated rings. The molecule has 1 aromatic heterocycles. The normalized spacial score (nSPS) is 10.2. The predicted molar refractivity (Wildman–Crippen MR) is 77.9 cm³/mol. The highest BCUT2D eigenvalue weighted by molar-refractivity contribution is 5.85. The summed E-state index contributed by atoms with van der Waals surface area (Å²) in [6, 6.07) is 8.99. The van der Waals surface area contributed by atoms with Gasteiger partial charge in [0.15, 0.2) is 11.5 Å². The van der Waals surface area contributed by atoms with Gasteiger partial charge in [0.25, 0.3) is 0 Å². The smallest absolute Gasteiger partial charge is 0.354 e. The van der Waals surface area contributed by atoms with E-state index in [4.69, 9.17) is 14.6 Å². The van der Waals surface area contributed by atoms with Crippen LogP contribution in [0, 0.1) is 0 Å². The van der Waals surface area contributed by atoms with Crippen LogP contribution in [0.5, 0.6) is 11.5 Å². The Morgan fingerprint density at radius 1 is 1.19 bits per heavy atom. The molecular weight excluding hydrogens is 270 g/mol. The van der Waals surface area contributed by atoms with Crippen LogP contribution >= 0.6 is 0 Å². The molecule has 0 amide bonds. The zero-order valence-electron chi connectivity index (χ0n) is 12.0. The summed E-state index contributed by atoms with van der Waals surface area (Å²) < 4.78 is 11.0. The van der Waals surface area contributed by atoms with Crippen molar-refractivity contribution in [3.8, 4) is 11.5 Å². The summed E-state index contributed by atoms with van der Waals surface area (Å²) in [6.45, 7) is 2.32. The fourth-order valence-electron chi connectivity index (χ4n) is 1.89. The number of carbonyl (C=O) groups is 1. The first-order valence-corrected chi connectivity index (χ1v) is 6.62. The summed E-state index contributed by atoms with van der Waals surface area (Å²) >= 11 is 0. The van der Waals surface area contributed by atoms with Gasteiger partial charge in [0, 0.05) is 6.20 Å². The van der Waals surface area contributed by atoms with Crippen LogP contribution in [0.25, 0.3) is 0 Å². The van der Waals surface area contributed by atoms with Crippen LogP contribution in [0.2, 0.25) is 0 Å². The number of carboxylic acid groups (broad SMARTS) is 1. The Morgan fingerprint density at radius 2 is 2.00 bits per heavy atom. The highest BCUT2D eigenvalue weighted by Gasteiger charge is 2.08. The molecule has 5 heteroatoms. The number of methoxy groups -OCH3 is 1. The number of aromatic carboxylic acids is 1. The van der Waals surface area contributed by atoms with Gasteiger partial charge in [-0.25, -0.2) is 9.78 Å². The van der Waals surface area contributed by atoms with E-state index in [1.807, 2.05) is 18.2 Å². The first-order valence-electron chi connectivity index (χ1n) is 6.62. The van der Waals surface area contributed by atoms with E-state index in [1.165, 1.54) is 12.3 Å². The van der Waals surface area contributed by atoms with Gasteiger partial charge in [0.2, 0.25) is 0 Å². The molecule has 0 aliphatic rings. The van der Waals surface area contributed by atoms with E-state index in [9.17, 15) is 4.79 Å². The highest BCUT2D eigenvalue weighted by atomic mass is 16.5. The van der Waals surface area contributed by atoms with E-state index < -0.39 is 5.97 Å². The van der Waals surface area contributed by atoms with Gasteiger partial charge in [0.05, 0.1) is 7.11 Å².